The Hall–Kier alpha value is 0.440. The Morgan fingerprint density at radius 3 is 1.58 bits per heavy atom. The van der Waals surface area contributed by atoms with Crippen molar-refractivity contribution in [3.05, 3.63) is 24.3 Å². The number of hydrogen-bond acceptors (Lipinski definition) is 0. The van der Waals surface area contributed by atoms with Crippen LogP contribution in [0.2, 0.25) is 0 Å². The summed E-state index contributed by atoms with van der Waals surface area (Å²) < 4.78 is 0. The van der Waals surface area contributed by atoms with Gasteiger partial charge in [-0.25, -0.2) is 0 Å². The second-order valence-corrected chi connectivity index (χ2v) is 6.06. The minimum atomic E-state index is 0.251. The highest BCUT2D eigenvalue weighted by atomic mass is 79.9. The van der Waals surface area contributed by atoms with E-state index in [1.165, 1.54) is 0 Å². The van der Waals surface area contributed by atoms with Gasteiger partial charge in [0.2, 0.25) is 0 Å². The molecule has 0 fully saturated rings. The Morgan fingerprint density at radius 2 is 1.25 bits per heavy atom. The van der Waals surface area contributed by atoms with E-state index in [1.807, 2.05) is 0 Å². The molecule has 2 aliphatic rings. The molecule has 2 unspecified atom stereocenters. The zero-order valence-corrected chi connectivity index (χ0v) is 10.4. The van der Waals surface area contributed by atoms with Gasteiger partial charge in [0.25, 0.3) is 0 Å². The summed E-state index contributed by atoms with van der Waals surface area (Å²) in [5, 5.41) is 0. The van der Waals surface area contributed by atoms with E-state index in [0.717, 1.165) is 0 Å². The fraction of sp³-hybridized carbons (Fsp3) is 0.600. The number of alkyl halides is 2. The summed E-state index contributed by atoms with van der Waals surface area (Å²) in [6, 6.07) is 0. The van der Waals surface area contributed by atoms with E-state index in [9.17, 15) is 0 Å². The third kappa shape index (κ3) is 0.832. The third-order valence-electron chi connectivity index (χ3n) is 3.53. The molecule has 2 heteroatoms. The Bertz CT molecular complexity index is 241. The zero-order chi connectivity index (χ0) is 8.98. The average molecular weight is 292 g/mol. The highest BCUT2D eigenvalue weighted by Gasteiger charge is 2.54. The van der Waals surface area contributed by atoms with Crippen LogP contribution in [0.15, 0.2) is 24.3 Å². The third-order valence-corrected chi connectivity index (χ3v) is 6.04. The van der Waals surface area contributed by atoms with E-state index in [1.54, 1.807) is 0 Å². The van der Waals surface area contributed by atoms with Crippen LogP contribution in [-0.2, 0) is 0 Å². The van der Waals surface area contributed by atoms with Crippen molar-refractivity contribution in [1.29, 1.82) is 0 Å². The topological polar surface area (TPSA) is 0 Å². The molecule has 66 valence electrons. The standard InChI is InChI=1S/C10H12Br2/c1-9-5-3-8(12)10(9,2)6-4-7(9)11/h3-8H,1-2H3/t7?,8?,9-,10-/m0/s1. The smallest absolute Gasteiger partial charge is 0.0422 e. The first-order valence-electron chi connectivity index (χ1n) is 4.17. The van der Waals surface area contributed by atoms with Crippen LogP contribution in [0.3, 0.4) is 0 Å². The predicted octanol–water partition coefficient (Wildman–Crippen LogP) is 3.67. The van der Waals surface area contributed by atoms with Crippen LogP contribution in [0.1, 0.15) is 13.8 Å². The Morgan fingerprint density at radius 1 is 0.917 bits per heavy atom. The van der Waals surface area contributed by atoms with E-state index in [0.29, 0.717) is 9.65 Å². The SMILES string of the molecule is C[C@@]12C=CC(Br)[C@]1(C)C=CC2Br. The normalized spacial score (nSPS) is 56.3. The van der Waals surface area contributed by atoms with Crippen LogP contribution >= 0.6 is 31.9 Å². The van der Waals surface area contributed by atoms with Crippen molar-refractivity contribution in [3.8, 4) is 0 Å². The van der Waals surface area contributed by atoms with Gasteiger partial charge in [0.15, 0.2) is 0 Å². The number of allylic oxidation sites excluding steroid dienone is 4. The van der Waals surface area contributed by atoms with Gasteiger partial charge in [-0.3, -0.25) is 0 Å². The molecule has 0 aromatic rings. The summed E-state index contributed by atoms with van der Waals surface area (Å²) in [4.78, 5) is 0.961. The molecule has 0 spiro atoms. The molecule has 0 saturated carbocycles. The van der Waals surface area contributed by atoms with Crippen LogP contribution in [0.25, 0.3) is 0 Å². The van der Waals surface area contributed by atoms with Gasteiger partial charge in [0.05, 0.1) is 0 Å². The molecule has 0 saturated heterocycles. The minimum Gasteiger partial charge on any atom is -0.0836 e. The average Bonchev–Trinajstić information content (AvgIpc) is 2.39. The first-order chi connectivity index (χ1) is 5.51. The van der Waals surface area contributed by atoms with Crippen LogP contribution < -0.4 is 0 Å². The Balaban J connectivity index is 2.48. The molecule has 0 N–H and O–H groups in total. The summed E-state index contributed by atoms with van der Waals surface area (Å²) in [5.74, 6) is 0. The second-order valence-electron chi connectivity index (χ2n) is 4.09. The monoisotopic (exact) mass is 290 g/mol. The van der Waals surface area contributed by atoms with E-state index >= 15 is 0 Å². The maximum Gasteiger partial charge on any atom is 0.0422 e. The van der Waals surface area contributed by atoms with E-state index < -0.39 is 0 Å². The minimum absolute atomic E-state index is 0.251. The van der Waals surface area contributed by atoms with Gasteiger partial charge in [-0.15, -0.1) is 0 Å². The second kappa shape index (κ2) is 2.48. The van der Waals surface area contributed by atoms with Crippen molar-refractivity contribution in [3.63, 3.8) is 0 Å². The predicted molar refractivity (Wildman–Crippen MR) is 59.9 cm³/mol. The molecule has 0 aromatic heterocycles. The van der Waals surface area contributed by atoms with Gasteiger partial charge in [0, 0.05) is 20.5 Å². The molecule has 0 amide bonds. The molecule has 0 nitrogen and oxygen atoms in total. The van der Waals surface area contributed by atoms with Crippen LogP contribution in [-0.4, -0.2) is 9.65 Å². The Kier molecular flexibility index (Phi) is 1.86. The molecule has 4 atom stereocenters. The number of fused-ring (bicyclic) bond motifs is 1. The summed E-state index contributed by atoms with van der Waals surface area (Å²) >= 11 is 7.41. The van der Waals surface area contributed by atoms with Crippen LogP contribution in [0, 0.1) is 10.8 Å². The first-order valence-corrected chi connectivity index (χ1v) is 6.01. The maximum absolute atomic E-state index is 3.71. The Labute approximate surface area is 90.4 Å². The summed E-state index contributed by atoms with van der Waals surface area (Å²) in [6.07, 6.45) is 9.17. The lowest BCUT2D eigenvalue weighted by atomic mass is 9.70. The van der Waals surface area contributed by atoms with Gasteiger partial charge >= 0.3 is 0 Å². The zero-order valence-electron chi connectivity index (χ0n) is 7.22. The van der Waals surface area contributed by atoms with E-state index in [2.05, 4.69) is 70.0 Å². The van der Waals surface area contributed by atoms with Crippen molar-refractivity contribution in [1.82, 2.24) is 0 Å². The molecular weight excluding hydrogens is 280 g/mol. The highest BCUT2D eigenvalue weighted by molar-refractivity contribution is 9.10. The van der Waals surface area contributed by atoms with Gasteiger partial charge in [-0.05, 0) is 0 Å². The number of halogens is 2. The molecule has 0 bridgehead atoms. The largest absolute Gasteiger partial charge is 0.0836 e. The fourth-order valence-electron chi connectivity index (χ4n) is 2.11. The lowest BCUT2D eigenvalue weighted by Crippen LogP contribution is -2.37. The van der Waals surface area contributed by atoms with Gasteiger partial charge < -0.3 is 0 Å². The summed E-state index contributed by atoms with van der Waals surface area (Å²) in [7, 11) is 0. The van der Waals surface area contributed by atoms with Crippen molar-refractivity contribution in [2.45, 2.75) is 23.5 Å². The molecule has 12 heavy (non-hydrogen) atoms. The maximum atomic E-state index is 3.71. The van der Waals surface area contributed by atoms with Crippen molar-refractivity contribution >= 4 is 31.9 Å². The van der Waals surface area contributed by atoms with Crippen molar-refractivity contribution < 1.29 is 0 Å². The molecule has 0 aromatic carbocycles. The van der Waals surface area contributed by atoms with E-state index in [-0.39, 0.29) is 10.8 Å². The fourth-order valence-corrected chi connectivity index (χ4v) is 3.70. The highest BCUT2D eigenvalue weighted by Crippen LogP contribution is 2.59. The number of hydrogen-bond donors (Lipinski definition) is 0. The molecule has 0 radical (unpaired) electrons. The van der Waals surface area contributed by atoms with Crippen LogP contribution in [0.5, 0.6) is 0 Å². The van der Waals surface area contributed by atoms with E-state index in [4.69, 9.17) is 0 Å². The molecular formula is C10H12Br2. The number of rotatable bonds is 0. The van der Waals surface area contributed by atoms with Gasteiger partial charge in [0.1, 0.15) is 0 Å². The van der Waals surface area contributed by atoms with Crippen LogP contribution in [0.4, 0.5) is 0 Å². The molecule has 0 heterocycles. The summed E-state index contributed by atoms with van der Waals surface area (Å²) in [5.41, 5.74) is 0.502. The van der Waals surface area contributed by atoms with Gasteiger partial charge in [-0.1, -0.05) is 70.0 Å². The first kappa shape index (κ1) is 9.01. The lowest BCUT2D eigenvalue weighted by molar-refractivity contribution is 0.247. The van der Waals surface area contributed by atoms with Crippen molar-refractivity contribution in [2.24, 2.45) is 10.8 Å². The summed E-state index contributed by atoms with van der Waals surface area (Å²) in [6.45, 7) is 4.62. The van der Waals surface area contributed by atoms with Crippen molar-refractivity contribution in [2.75, 3.05) is 0 Å². The lowest BCUT2D eigenvalue weighted by Gasteiger charge is -2.38. The molecule has 2 aliphatic carbocycles. The molecule has 2 rings (SSSR count). The molecule has 0 aliphatic heterocycles. The quantitative estimate of drug-likeness (QED) is 0.472. The van der Waals surface area contributed by atoms with Gasteiger partial charge in [-0.2, -0.15) is 0 Å².